The van der Waals surface area contributed by atoms with Crippen molar-refractivity contribution in [2.45, 2.75) is 0 Å². The van der Waals surface area contributed by atoms with Crippen molar-refractivity contribution in [3.05, 3.63) is 36.0 Å². The fourth-order valence-electron chi connectivity index (χ4n) is 1.54. The number of nitrogen functional groups attached to an aromatic ring is 2. The Morgan fingerprint density at radius 2 is 2.06 bits per heavy atom. The van der Waals surface area contributed by atoms with E-state index in [0.29, 0.717) is 0 Å². The lowest BCUT2D eigenvalue weighted by molar-refractivity contribution is 0.0954. The van der Waals surface area contributed by atoms with Crippen molar-refractivity contribution in [1.82, 2.24) is 15.2 Å². The lowest BCUT2D eigenvalue weighted by Gasteiger charge is -2.06. The number of benzene rings is 1. The third-order valence-corrected chi connectivity index (χ3v) is 2.50. The molecular formula is C11H13N5O2. The zero-order chi connectivity index (χ0) is 13.1. The van der Waals surface area contributed by atoms with Gasteiger partial charge >= 0.3 is 0 Å². The van der Waals surface area contributed by atoms with Crippen molar-refractivity contribution >= 4 is 11.7 Å². The number of rotatable bonds is 3. The SMILES string of the molecule is COc1ccc(-n2ncc(C(=O)NN)c2N)cc1. The van der Waals surface area contributed by atoms with Crippen LogP contribution < -0.4 is 21.7 Å². The standard InChI is InChI=1S/C11H13N5O2/c1-18-8-4-2-7(3-5-8)16-10(12)9(6-14-16)11(17)15-13/h2-6H,12-13H2,1H3,(H,15,17). The molecule has 1 aromatic carbocycles. The zero-order valence-electron chi connectivity index (χ0n) is 9.75. The Labute approximate surface area is 103 Å². The van der Waals surface area contributed by atoms with Crippen LogP contribution in [0.4, 0.5) is 5.82 Å². The van der Waals surface area contributed by atoms with E-state index in [1.165, 1.54) is 10.9 Å². The van der Waals surface area contributed by atoms with E-state index >= 15 is 0 Å². The minimum atomic E-state index is -0.479. The van der Waals surface area contributed by atoms with Gasteiger partial charge < -0.3 is 10.5 Å². The molecule has 94 valence electrons. The summed E-state index contributed by atoms with van der Waals surface area (Å²) in [4.78, 5) is 11.4. The first-order valence-electron chi connectivity index (χ1n) is 5.16. The lowest BCUT2D eigenvalue weighted by Crippen LogP contribution is -2.30. The largest absolute Gasteiger partial charge is 0.497 e. The molecule has 1 amide bonds. The molecule has 5 N–H and O–H groups in total. The summed E-state index contributed by atoms with van der Waals surface area (Å²) in [5, 5.41) is 4.04. The van der Waals surface area contributed by atoms with Gasteiger partial charge in [-0.2, -0.15) is 5.10 Å². The Hall–Kier alpha value is -2.54. The molecule has 0 radical (unpaired) electrons. The van der Waals surface area contributed by atoms with Crippen LogP contribution in [-0.4, -0.2) is 22.8 Å². The maximum atomic E-state index is 11.4. The molecule has 1 heterocycles. The molecule has 0 aliphatic heterocycles. The summed E-state index contributed by atoms with van der Waals surface area (Å²) in [6.07, 6.45) is 1.36. The van der Waals surface area contributed by atoms with E-state index in [2.05, 4.69) is 5.10 Å². The summed E-state index contributed by atoms with van der Waals surface area (Å²) in [7, 11) is 1.58. The number of carbonyl (C=O) groups is 1. The first-order valence-corrected chi connectivity index (χ1v) is 5.16. The number of carbonyl (C=O) groups excluding carboxylic acids is 1. The van der Waals surface area contributed by atoms with Gasteiger partial charge in [0.15, 0.2) is 0 Å². The number of methoxy groups -OCH3 is 1. The topological polar surface area (TPSA) is 108 Å². The predicted octanol–water partition coefficient (Wildman–Crippen LogP) is 0.0666. The molecule has 0 bridgehead atoms. The molecule has 7 nitrogen and oxygen atoms in total. The predicted molar refractivity (Wildman–Crippen MR) is 66.2 cm³/mol. The van der Waals surface area contributed by atoms with Gasteiger partial charge in [-0.1, -0.05) is 0 Å². The Bertz CT molecular complexity index is 561. The van der Waals surface area contributed by atoms with Gasteiger partial charge in [0.2, 0.25) is 0 Å². The van der Waals surface area contributed by atoms with Crippen LogP contribution in [0.2, 0.25) is 0 Å². The number of nitrogens with two attached hydrogens (primary N) is 2. The third kappa shape index (κ3) is 1.98. The second-order valence-electron chi connectivity index (χ2n) is 3.53. The Morgan fingerprint density at radius 3 is 2.61 bits per heavy atom. The number of nitrogens with zero attached hydrogens (tertiary/aromatic N) is 2. The van der Waals surface area contributed by atoms with Gasteiger partial charge in [0.25, 0.3) is 5.91 Å². The number of hydrazine groups is 1. The molecule has 18 heavy (non-hydrogen) atoms. The van der Waals surface area contributed by atoms with Crippen LogP contribution in [0.5, 0.6) is 5.75 Å². The summed E-state index contributed by atoms with van der Waals surface area (Å²) in [5.41, 5.74) is 8.80. The van der Waals surface area contributed by atoms with Gasteiger partial charge in [0.1, 0.15) is 17.1 Å². The molecule has 1 aromatic heterocycles. The number of anilines is 1. The van der Waals surface area contributed by atoms with Gasteiger partial charge in [-0.25, -0.2) is 10.5 Å². The van der Waals surface area contributed by atoms with Crippen LogP contribution in [-0.2, 0) is 0 Å². The van der Waals surface area contributed by atoms with Crippen LogP contribution in [0.15, 0.2) is 30.5 Å². The Balaban J connectivity index is 2.39. The van der Waals surface area contributed by atoms with Crippen molar-refractivity contribution < 1.29 is 9.53 Å². The minimum absolute atomic E-state index is 0.225. The maximum Gasteiger partial charge on any atom is 0.270 e. The van der Waals surface area contributed by atoms with Crippen molar-refractivity contribution in [1.29, 1.82) is 0 Å². The first kappa shape index (κ1) is 11.9. The highest BCUT2D eigenvalue weighted by molar-refractivity contribution is 5.98. The molecule has 0 atom stereocenters. The van der Waals surface area contributed by atoms with E-state index in [9.17, 15) is 4.79 Å². The average molecular weight is 247 g/mol. The minimum Gasteiger partial charge on any atom is -0.497 e. The van der Waals surface area contributed by atoms with Crippen LogP contribution in [0.1, 0.15) is 10.4 Å². The lowest BCUT2D eigenvalue weighted by atomic mass is 10.3. The normalized spacial score (nSPS) is 10.1. The van der Waals surface area contributed by atoms with E-state index in [4.69, 9.17) is 16.3 Å². The Kier molecular flexibility index (Phi) is 3.16. The summed E-state index contributed by atoms with van der Waals surface area (Å²) in [6.45, 7) is 0. The number of hydrogen-bond donors (Lipinski definition) is 3. The fraction of sp³-hybridized carbons (Fsp3) is 0.0909. The highest BCUT2D eigenvalue weighted by Crippen LogP contribution is 2.19. The summed E-state index contributed by atoms with van der Waals surface area (Å²) in [5.74, 6) is 5.52. The zero-order valence-corrected chi connectivity index (χ0v) is 9.75. The van der Waals surface area contributed by atoms with Gasteiger partial charge in [-0.15, -0.1) is 0 Å². The third-order valence-electron chi connectivity index (χ3n) is 2.50. The molecule has 0 saturated heterocycles. The van der Waals surface area contributed by atoms with Gasteiger partial charge in [-0.05, 0) is 24.3 Å². The molecule has 0 unspecified atom stereocenters. The maximum absolute atomic E-state index is 11.4. The highest BCUT2D eigenvalue weighted by atomic mass is 16.5. The number of nitrogens with one attached hydrogen (secondary N) is 1. The van der Waals surface area contributed by atoms with Crippen molar-refractivity contribution in [3.8, 4) is 11.4 Å². The highest BCUT2D eigenvalue weighted by Gasteiger charge is 2.14. The summed E-state index contributed by atoms with van der Waals surface area (Å²) >= 11 is 0. The second kappa shape index (κ2) is 4.76. The molecule has 2 aromatic rings. The van der Waals surface area contributed by atoms with E-state index in [1.807, 2.05) is 5.43 Å². The number of amides is 1. The number of hydrogen-bond acceptors (Lipinski definition) is 5. The monoisotopic (exact) mass is 247 g/mol. The quantitative estimate of drug-likeness (QED) is 0.404. The number of ether oxygens (including phenoxy) is 1. The first-order chi connectivity index (χ1) is 8.67. The van der Waals surface area contributed by atoms with Gasteiger partial charge in [0, 0.05) is 0 Å². The molecule has 2 rings (SSSR count). The molecule has 0 aliphatic rings. The van der Waals surface area contributed by atoms with Gasteiger partial charge in [0.05, 0.1) is 19.0 Å². The fourth-order valence-corrected chi connectivity index (χ4v) is 1.54. The number of aromatic nitrogens is 2. The smallest absolute Gasteiger partial charge is 0.270 e. The molecule has 0 fully saturated rings. The van der Waals surface area contributed by atoms with E-state index in [-0.39, 0.29) is 11.4 Å². The van der Waals surface area contributed by atoms with Gasteiger partial charge in [-0.3, -0.25) is 10.2 Å². The van der Waals surface area contributed by atoms with Crippen molar-refractivity contribution in [3.63, 3.8) is 0 Å². The van der Waals surface area contributed by atoms with Crippen molar-refractivity contribution in [2.24, 2.45) is 5.84 Å². The van der Waals surface area contributed by atoms with Crippen LogP contribution in [0, 0.1) is 0 Å². The van der Waals surface area contributed by atoms with Crippen LogP contribution >= 0.6 is 0 Å². The molecular weight excluding hydrogens is 234 g/mol. The van der Waals surface area contributed by atoms with Crippen LogP contribution in [0.25, 0.3) is 5.69 Å². The van der Waals surface area contributed by atoms with E-state index in [1.54, 1.807) is 31.4 Å². The summed E-state index contributed by atoms with van der Waals surface area (Å²) < 4.78 is 6.50. The Morgan fingerprint density at radius 1 is 1.39 bits per heavy atom. The molecule has 0 spiro atoms. The van der Waals surface area contributed by atoms with E-state index in [0.717, 1.165) is 11.4 Å². The molecule has 0 aliphatic carbocycles. The summed E-state index contributed by atoms with van der Waals surface area (Å²) in [6, 6.07) is 7.12. The van der Waals surface area contributed by atoms with E-state index < -0.39 is 5.91 Å². The van der Waals surface area contributed by atoms with Crippen molar-refractivity contribution in [2.75, 3.05) is 12.8 Å². The molecule has 0 saturated carbocycles. The average Bonchev–Trinajstić information content (AvgIpc) is 2.80. The second-order valence-corrected chi connectivity index (χ2v) is 3.53. The molecule has 7 heteroatoms. The van der Waals surface area contributed by atoms with Crippen LogP contribution in [0.3, 0.4) is 0 Å².